The molecule has 0 heterocycles. The van der Waals surface area contributed by atoms with Crippen molar-refractivity contribution in [1.29, 1.82) is 0 Å². The van der Waals surface area contributed by atoms with Crippen molar-refractivity contribution in [3.05, 3.63) is 64.6 Å². The van der Waals surface area contributed by atoms with Gasteiger partial charge in [-0.25, -0.2) is 13.1 Å². The number of sulfonamides is 1. The van der Waals surface area contributed by atoms with E-state index < -0.39 is 15.6 Å². The van der Waals surface area contributed by atoms with E-state index in [1.807, 2.05) is 30.3 Å². The highest BCUT2D eigenvalue weighted by molar-refractivity contribution is 9.10. The maximum absolute atomic E-state index is 12.5. The van der Waals surface area contributed by atoms with Crippen LogP contribution in [0.15, 0.2) is 64.0 Å². The first kappa shape index (κ1) is 16.6. The maximum Gasteiger partial charge on any atom is 0.241 e. The lowest BCUT2D eigenvalue weighted by molar-refractivity contribution is 0.0185. The molecule has 6 heteroatoms. The third-order valence-electron chi connectivity index (χ3n) is 4.18. The largest absolute Gasteiger partial charge is 0.383 e. The Labute approximate surface area is 144 Å². The molecule has 2 aromatic carbocycles. The number of hydrogen-bond acceptors (Lipinski definition) is 3. The van der Waals surface area contributed by atoms with Crippen molar-refractivity contribution in [2.75, 3.05) is 6.54 Å². The van der Waals surface area contributed by atoms with Crippen LogP contribution in [0.5, 0.6) is 0 Å². The Kier molecular flexibility index (Phi) is 4.60. The van der Waals surface area contributed by atoms with E-state index in [1.54, 1.807) is 18.2 Å². The first-order valence-electron chi connectivity index (χ1n) is 7.45. The molecule has 23 heavy (non-hydrogen) atoms. The van der Waals surface area contributed by atoms with Gasteiger partial charge in [0.2, 0.25) is 10.0 Å². The second-order valence-electron chi connectivity index (χ2n) is 5.82. The van der Waals surface area contributed by atoms with Crippen molar-refractivity contribution in [2.45, 2.75) is 23.3 Å². The molecule has 4 nitrogen and oxygen atoms in total. The first-order valence-corrected chi connectivity index (χ1v) is 9.73. The summed E-state index contributed by atoms with van der Waals surface area (Å²) in [5.74, 6) is 0.0896. The zero-order chi connectivity index (χ0) is 16.5. The van der Waals surface area contributed by atoms with Crippen molar-refractivity contribution in [3.8, 4) is 0 Å². The van der Waals surface area contributed by atoms with Gasteiger partial charge in [-0.1, -0.05) is 42.5 Å². The van der Waals surface area contributed by atoms with Gasteiger partial charge in [-0.15, -0.1) is 0 Å². The Morgan fingerprint density at radius 1 is 1.09 bits per heavy atom. The average molecular weight is 396 g/mol. The molecule has 2 N–H and O–H groups in total. The molecule has 0 saturated heterocycles. The third kappa shape index (κ3) is 3.50. The summed E-state index contributed by atoms with van der Waals surface area (Å²) < 4.78 is 28.1. The minimum atomic E-state index is -3.69. The normalized spacial score (nSPS) is 17.7. The van der Waals surface area contributed by atoms with Gasteiger partial charge < -0.3 is 5.11 Å². The van der Waals surface area contributed by atoms with E-state index in [1.165, 1.54) is 6.07 Å². The molecule has 0 aliphatic heterocycles. The molecule has 0 aromatic heterocycles. The fourth-order valence-corrected chi connectivity index (χ4v) is 4.79. The average Bonchev–Trinajstić information content (AvgIpc) is 3.39. The number of aliphatic hydroxyl groups is 1. The molecule has 2 aromatic rings. The SMILES string of the molecule is O=S(=O)(NC[C@](O)(c1ccccc1)C1CC1)c1ccccc1Br. The number of benzene rings is 2. The zero-order valence-corrected chi connectivity index (χ0v) is 14.8. The minimum absolute atomic E-state index is 0.0364. The van der Waals surface area contributed by atoms with E-state index in [4.69, 9.17) is 0 Å². The number of nitrogens with one attached hydrogen (secondary N) is 1. The topological polar surface area (TPSA) is 66.4 Å². The molecule has 3 rings (SSSR count). The maximum atomic E-state index is 12.5. The van der Waals surface area contributed by atoms with Gasteiger partial charge in [0, 0.05) is 11.0 Å². The predicted octanol–water partition coefficient (Wildman–Crippen LogP) is 3.03. The fourth-order valence-electron chi connectivity index (χ4n) is 2.72. The molecule has 0 bridgehead atoms. The Bertz CT molecular complexity index is 790. The molecule has 1 aliphatic carbocycles. The number of halogens is 1. The summed E-state index contributed by atoms with van der Waals surface area (Å²) in [4.78, 5) is 0.172. The molecule has 122 valence electrons. The zero-order valence-electron chi connectivity index (χ0n) is 12.4. The lowest BCUT2D eigenvalue weighted by atomic mass is 9.89. The van der Waals surface area contributed by atoms with E-state index in [9.17, 15) is 13.5 Å². The van der Waals surface area contributed by atoms with Crippen molar-refractivity contribution in [2.24, 2.45) is 5.92 Å². The summed E-state index contributed by atoms with van der Waals surface area (Å²) in [6.07, 6.45) is 1.81. The van der Waals surface area contributed by atoms with Crippen LogP contribution in [0.1, 0.15) is 18.4 Å². The van der Waals surface area contributed by atoms with Crippen molar-refractivity contribution in [3.63, 3.8) is 0 Å². The highest BCUT2D eigenvalue weighted by atomic mass is 79.9. The fraction of sp³-hybridized carbons (Fsp3) is 0.294. The Morgan fingerprint density at radius 3 is 2.30 bits per heavy atom. The number of hydrogen-bond donors (Lipinski definition) is 2. The third-order valence-corrected chi connectivity index (χ3v) is 6.60. The van der Waals surface area contributed by atoms with Crippen LogP contribution in [0.4, 0.5) is 0 Å². The van der Waals surface area contributed by atoms with E-state index in [-0.39, 0.29) is 17.4 Å². The van der Waals surface area contributed by atoms with Crippen LogP contribution in [-0.2, 0) is 15.6 Å². The van der Waals surface area contributed by atoms with E-state index in [2.05, 4.69) is 20.7 Å². The summed E-state index contributed by atoms with van der Waals surface area (Å²) in [7, 11) is -3.69. The Morgan fingerprint density at radius 2 is 1.70 bits per heavy atom. The summed E-state index contributed by atoms with van der Waals surface area (Å²) in [5, 5.41) is 11.1. The van der Waals surface area contributed by atoms with Gasteiger partial charge in [-0.3, -0.25) is 0 Å². The summed E-state index contributed by atoms with van der Waals surface area (Å²) in [6, 6.07) is 15.9. The van der Waals surface area contributed by atoms with Crippen LogP contribution >= 0.6 is 15.9 Å². The highest BCUT2D eigenvalue weighted by Gasteiger charge is 2.45. The molecular weight excluding hydrogens is 378 g/mol. The Hall–Kier alpha value is -1.21. The van der Waals surface area contributed by atoms with Gasteiger partial charge in [0.15, 0.2) is 0 Å². The minimum Gasteiger partial charge on any atom is -0.383 e. The highest BCUT2D eigenvalue weighted by Crippen LogP contribution is 2.45. The molecule has 1 fully saturated rings. The first-order chi connectivity index (χ1) is 10.9. The van der Waals surface area contributed by atoms with E-state index in [0.29, 0.717) is 4.47 Å². The van der Waals surface area contributed by atoms with Crippen molar-refractivity contribution >= 4 is 26.0 Å². The quantitative estimate of drug-likeness (QED) is 0.789. The summed E-state index contributed by atoms with van der Waals surface area (Å²) >= 11 is 3.26. The molecule has 0 spiro atoms. The smallest absolute Gasteiger partial charge is 0.241 e. The van der Waals surface area contributed by atoms with Gasteiger partial charge in [0.25, 0.3) is 0 Å². The van der Waals surface area contributed by atoms with Gasteiger partial charge in [-0.05, 0) is 52.4 Å². The van der Waals surface area contributed by atoms with Crippen molar-refractivity contribution < 1.29 is 13.5 Å². The molecule has 0 unspecified atom stereocenters. The lowest BCUT2D eigenvalue weighted by Gasteiger charge is -2.29. The monoisotopic (exact) mass is 395 g/mol. The van der Waals surface area contributed by atoms with Crippen LogP contribution in [-0.4, -0.2) is 20.1 Å². The lowest BCUT2D eigenvalue weighted by Crippen LogP contribution is -2.42. The molecule has 1 aliphatic rings. The van der Waals surface area contributed by atoms with Crippen molar-refractivity contribution in [1.82, 2.24) is 4.72 Å². The number of rotatable bonds is 6. The Balaban J connectivity index is 1.84. The van der Waals surface area contributed by atoms with Gasteiger partial charge in [0.05, 0.1) is 4.90 Å². The van der Waals surface area contributed by atoms with Crippen LogP contribution in [0.3, 0.4) is 0 Å². The van der Waals surface area contributed by atoms with Crippen LogP contribution in [0, 0.1) is 5.92 Å². The van der Waals surface area contributed by atoms with Gasteiger partial charge in [0.1, 0.15) is 5.60 Å². The van der Waals surface area contributed by atoms with E-state index in [0.717, 1.165) is 18.4 Å². The molecule has 1 atom stereocenters. The second-order valence-corrected chi connectivity index (χ2v) is 8.41. The standard InChI is InChI=1S/C17H18BrNO3S/c18-15-8-4-5-9-16(15)23(21,22)19-12-17(20,14-10-11-14)13-6-2-1-3-7-13/h1-9,14,19-20H,10-12H2/t17-/m0/s1. The predicted molar refractivity (Wildman–Crippen MR) is 92.4 cm³/mol. The molecular formula is C17H18BrNO3S. The second kappa shape index (κ2) is 6.36. The molecule has 1 saturated carbocycles. The van der Waals surface area contributed by atoms with Crippen LogP contribution in [0.25, 0.3) is 0 Å². The molecule has 0 amide bonds. The van der Waals surface area contributed by atoms with Gasteiger partial charge >= 0.3 is 0 Å². The van der Waals surface area contributed by atoms with Crippen LogP contribution in [0.2, 0.25) is 0 Å². The van der Waals surface area contributed by atoms with E-state index >= 15 is 0 Å². The summed E-state index contributed by atoms with van der Waals surface area (Å²) in [6.45, 7) is -0.0364. The molecule has 0 radical (unpaired) electrons. The van der Waals surface area contributed by atoms with Crippen LogP contribution < -0.4 is 4.72 Å². The van der Waals surface area contributed by atoms with Gasteiger partial charge in [-0.2, -0.15) is 0 Å². The summed E-state index contributed by atoms with van der Waals surface area (Å²) in [5.41, 5.74) is -0.424.